The van der Waals surface area contributed by atoms with Crippen molar-refractivity contribution in [1.29, 1.82) is 0 Å². The lowest BCUT2D eigenvalue weighted by Gasteiger charge is -2.45. The van der Waals surface area contributed by atoms with Gasteiger partial charge in [-0.1, -0.05) is 29.7 Å². The van der Waals surface area contributed by atoms with Crippen LogP contribution in [0.3, 0.4) is 0 Å². The Morgan fingerprint density at radius 1 is 0.986 bits per heavy atom. The van der Waals surface area contributed by atoms with Gasteiger partial charge < -0.3 is 62.9 Å². The van der Waals surface area contributed by atoms with Gasteiger partial charge in [-0.2, -0.15) is 0 Å². The Morgan fingerprint density at radius 3 is 2.43 bits per heavy atom. The lowest BCUT2D eigenvalue weighted by Crippen LogP contribution is -2.64. The van der Waals surface area contributed by atoms with Crippen molar-refractivity contribution >= 4 is 46.8 Å². The molecule has 3 N–H and O–H groups in total. The van der Waals surface area contributed by atoms with E-state index in [1.54, 1.807) is 25.1 Å². The van der Waals surface area contributed by atoms with Crippen molar-refractivity contribution in [2.45, 2.75) is 107 Å². The first-order chi connectivity index (χ1) is 33.4. The minimum Gasteiger partial charge on any atom is -0.507 e. The number of benzene rings is 2. The van der Waals surface area contributed by atoms with E-state index in [1.165, 1.54) is 56.4 Å². The second kappa shape index (κ2) is 18.8. The number of allylic oxidation sites excluding steroid dienone is 1. The number of cyclic esters (lactones) is 2. The van der Waals surface area contributed by atoms with Crippen molar-refractivity contribution in [1.82, 2.24) is 9.80 Å². The molecule has 1 saturated carbocycles. The van der Waals surface area contributed by atoms with Gasteiger partial charge in [0.1, 0.15) is 48.0 Å². The SMILES string of the molecule is COc1cc(C)c2ccc(O)c(C(=O)O[C@@H]3C=C4C#C[C@]5(C6COC(=O)O6)O[C@]5(C)C#CC=C4[C@H]3O[C@H]3O[C@H](C)[C@H](O)[C@H](O)C3N(C)C(=O)OCOC(=O)C3CCC(CN4C(=O)C=CC4=O)CC3)c2c1. The molecule has 0 bridgehead atoms. The van der Waals surface area contributed by atoms with Crippen molar-refractivity contribution in [3.8, 4) is 35.2 Å². The molecule has 0 radical (unpaired) electrons. The van der Waals surface area contributed by atoms with E-state index < -0.39 is 97.1 Å². The summed E-state index contributed by atoms with van der Waals surface area (Å²) in [6, 6.07) is 4.89. The van der Waals surface area contributed by atoms with Gasteiger partial charge in [0.05, 0.1) is 19.1 Å². The first kappa shape index (κ1) is 48.1. The second-order valence-corrected chi connectivity index (χ2v) is 18.3. The van der Waals surface area contributed by atoms with Gasteiger partial charge in [-0.25, -0.2) is 14.4 Å². The van der Waals surface area contributed by atoms with E-state index in [-0.39, 0.29) is 53.3 Å². The lowest BCUT2D eigenvalue weighted by atomic mass is 9.82. The molecule has 3 amide bonds. The van der Waals surface area contributed by atoms with Crippen LogP contribution in [0.1, 0.15) is 55.5 Å². The molecule has 70 heavy (non-hydrogen) atoms. The number of hydrogen-bond acceptors (Lipinski definition) is 18. The number of epoxide rings is 1. The zero-order valence-corrected chi connectivity index (χ0v) is 38.7. The number of ether oxygens (including phenoxy) is 9. The zero-order chi connectivity index (χ0) is 49.8. The predicted octanol–water partition coefficient (Wildman–Crippen LogP) is 2.86. The second-order valence-electron chi connectivity index (χ2n) is 18.3. The molecule has 4 heterocycles. The summed E-state index contributed by atoms with van der Waals surface area (Å²) >= 11 is 0. The largest absolute Gasteiger partial charge is 0.508 e. The molecule has 4 fully saturated rings. The number of carbonyl (C=O) groups is 6. The Morgan fingerprint density at radius 2 is 1.73 bits per heavy atom. The van der Waals surface area contributed by atoms with E-state index >= 15 is 0 Å². The molecule has 0 spiro atoms. The topological polar surface area (TPSA) is 256 Å². The maximum absolute atomic E-state index is 14.4. The highest BCUT2D eigenvalue weighted by Gasteiger charge is 2.73. The fraction of sp³-hybridized carbons (Fsp3) is 0.480. The normalized spacial score (nSPS) is 32.7. The van der Waals surface area contributed by atoms with Gasteiger partial charge in [0.2, 0.25) is 12.4 Å². The van der Waals surface area contributed by atoms with Crippen molar-refractivity contribution < 1.29 is 86.7 Å². The fourth-order valence-electron chi connectivity index (χ4n) is 9.85. The van der Waals surface area contributed by atoms with Gasteiger partial charge in [-0.15, -0.1) is 0 Å². The molecule has 0 aromatic heterocycles. The first-order valence-electron chi connectivity index (χ1n) is 22.7. The number of likely N-dealkylation sites (N-methyl/N-ethyl adjacent to an activating group) is 1. The molecule has 3 saturated heterocycles. The first-order valence-corrected chi connectivity index (χ1v) is 22.7. The van der Waals surface area contributed by atoms with Crippen LogP contribution in [-0.4, -0.2) is 155 Å². The van der Waals surface area contributed by atoms with Crippen LogP contribution in [0.25, 0.3) is 10.8 Å². The predicted molar refractivity (Wildman–Crippen MR) is 238 cm³/mol. The van der Waals surface area contributed by atoms with Gasteiger partial charge in [0.25, 0.3) is 11.8 Å². The van der Waals surface area contributed by atoms with Crippen molar-refractivity contribution in [2.24, 2.45) is 11.8 Å². The van der Waals surface area contributed by atoms with Crippen LogP contribution in [0.2, 0.25) is 0 Å². The molecule has 20 nitrogen and oxygen atoms in total. The number of methoxy groups -OCH3 is 1. The lowest BCUT2D eigenvalue weighted by molar-refractivity contribution is -0.286. The standard InChI is InChI=1S/C50H50N2O18/c1-25-19-30(62-5)21-33-31(25)12-13-34(53)39(33)45(59)67-35-20-29-16-18-50(36-23-63-48(61)68-36)49(3,70-50)17-6-7-32(29)43(35)69-46-40(42(57)41(56)26(2)66-46)51(4)47(60)65-24-64-44(58)28-10-8-27(9-11-28)22-52-37(54)14-15-38(52)55/h7,12-15,19-21,26-28,35-36,40-43,46,53,56-57H,8-11,22-24H2,1-5H3/t26-,27?,28?,35-,36?,40?,41+,42-,43-,46-,49-,50-/m1/s1. The molecular weight excluding hydrogens is 917 g/mol. The zero-order valence-electron chi connectivity index (χ0n) is 38.7. The third-order valence-electron chi connectivity index (χ3n) is 14.0. The highest BCUT2D eigenvalue weighted by Crippen LogP contribution is 2.52. The minimum absolute atomic E-state index is 0.0193. The third-order valence-corrected chi connectivity index (χ3v) is 14.0. The van der Waals surface area contributed by atoms with E-state index in [0.29, 0.717) is 42.2 Å². The maximum Gasteiger partial charge on any atom is 0.508 e. The Labute approximate surface area is 400 Å². The van der Waals surface area contributed by atoms with Gasteiger partial charge in [0.15, 0.2) is 24.1 Å². The van der Waals surface area contributed by atoms with E-state index in [4.69, 9.17) is 42.6 Å². The number of aromatic hydroxyl groups is 1. The molecule has 7 aliphatic rings. The molecule has 2 aromatic carbocycles. The number of rotatable bonds is 12. The van der Waals surface area contributed by atoms with E-state index in [9.17, 15) is 44.1 Å². The van der Waals surface area contributed by atoms with Crippen LogP contribution in [0, 0.1) is 42.4 Å². The average molecular weight is 967 g/mol. The number of nitrogens with zero attached hydrogens (tertiary/aromatic N) is 2. The summed E-state index contributed by atoms with van der Waals surface area (Å²) in [6.45, 7) is 4.30. The van der Waals surface area contributed by atoms with Crippen molar-refractivity contribution in [2.75, 3.05) is 34.1 Å². The van der Waals surface area contributed by atoms with E-state index in [2.05, 4.69) is 23.7 Å². The number of amides is 3. The summed E-state index contributed by atoms with van der Waals surface area (Å²) in [6.07, 6.45) is -4.07. The van der Waals surface area contributed by atoms with Gasteiger partial charge >= 0.3 is 24.2 Å². The summed E-state index contributed by atoms with van der Waals surface area (Å²) in [5.41, 5.74) is -1.49. The van der Waals surface area contributed by atoms with Crippen LogP contribution in [0.5, 0.6) is 11.5 Å². The highest BCUT2D eigenvalue weighted by atomic mass is 16.8. The number of hydrogen-bond donors (Lipinski definition) is 3. The van der Waals surface area contributed by atoms with Crippen molar-refractivity contribution in [3.05, 3.63) is 70.8 Å². The molecule has 2 unspecified atom stereocenters. The van der Waals surface area contributed by atoms with Crippen LogP contribution in [0.4, 0.5) is 9.59 Å². The number of aliphatic hydroxyl groups is 2. The molecule has 3 aliphatic carbocycles. The number of esters is 2. The highest BCUT2D eigenvalue weighted by molar-refractivity contribution is 6.13. The number of aliphatic hydroxyl groups excluding tert-OH is 2. The van der Waals surface area contributed by atoms with Crippen LogP contribution < -0.4 is 4.74 Å². The summed E-state index contributed by atoms with van der Waals surface area (Å²) < 4.78 is 51.5. The monoisotopic (exact) mass is 966 g/mol. The Hall–Kier alpha value is -6.94. The van der Waals surface area contributed by atoms with Gasteiger partial charge in [0, 0.05) is 42.3 Å². The van der Waals surface area contributed by atoms with Crippen LogP contribution >= 0.6 is 0 Å². The molecule has 10 atom stereocenters. The molecule has 4 aliphatic heterocycles. The molecule has 9 rings (SSSR count). The van der Waals surface area contributed by atoms with Crippen LogP contribution in [-0.2, 0) is 52.3 Å². The number of phenols is 1. The number of phenolic OH excluding ortho intramolecular Hbond substituents is 1. The molecular formula is C50H50N2O18. The number of aryl methyl sites for hydroxylation is 1. The number of fused-ring (bicyclic) bond motifs is 3. The average Bonchev–Trinajstić information content (AvgIpc) is 3.63. The summed E-state index contributed by atoms with van der Waals surface area (Å²) in [5.74, 6) is 9.37. The van der Waals surface area contributed by atoms with Crippen molar-refractivity contribution in [3.63, 3.8) is 0 Å². The fourth-order valence-corrected chi connectivity index (χ4v) is 9.85. The van der Waals surface area contributed by atoms with Crippen LogP contribution in [0.15, 0.2) is 59.7 Å². The van der Waals surface area contributed by atoms with E-state index in [1.807, 2.05) is 6.92 Å². The van der Waals surface area contributed by atoms with Gasteiger partial charge in [-0.05, 0) is 93.7 Å². The molecule has 2 aromatic rings. The quantitative estimate of drug-likeness (QED) is 0.0690. The Bertz CT molecular complexity index is 2750. The summed E-state index contributed by atoms with van der Waals surface area (Å²) in [7, 11) is 2.72. The smallest absolute Gasteiger partial charge is 0.507 e. The Balaban J connectivity index is 0.948. The summed E-state index contributed by atoms with van der Waals surface area (Å²) in [4.78, 5) is 79.2. The molecule has 20 heteroatoms. The maximum atomic E-state index is 14.4. The summed E-state index contributed by atoms with van der Waals surface area (Å²) in [5, 5.41) is 34.7. The molecule has 368 valence electrons. The minimum atomic E-state index is -1.71. The third kappa shape index (κ3) is 8.82. The van der Waals surface area contributed by atoms with Gasteiger partial charge in [-0.3, -0.25) is 19.3 Å². The van der Waals surface area contributed by atoms with E-state index in [0.717, 1.165) is 10.5 Å². The number of imide groups is 1. The Kier molecular flexibility index (Phi) is 12.9. The number of carbonyl (C=O) groups excluding carboxylic acids is 6.